The van der Waals surface area contributed by atoms with Crippen LogP contribution in [0, 0.1) is 5.92 Å². The van der Waals surface area contributed by atoms with Crippen molar-refractivity contribution < 1.29 is 27.8 Å². The molecule has 214 valence electrons. The van der Waals surface area contributed by atoms with E-state index in [1.807, 2.05) is 24.3 Å². The van der Waals surface area contributed by atoms with Crippen molar-refractivity contribution in [3.8, 4) is 11.5 Å². The minimum atomic E-state index is -3.02. The number of carbonyl (C=O) groups is 1. The SMILES string of the molecule is O=C(O[C@@H](Cc1c(Cl)cncc1Cl)c1ccc(OC(F)F)c(OCC2CC2)c1)c1ccc(CNc2ccccn2)s1. The highest BCUT2D eigenvalue weighted by atomic mass is 35.5. The Kier molecular flexibility index (Phi) is 9.53. The highest BCUT2D eigenvalue weighted by molar-refractivity contribution is 7.13. The Morgan fingerprint density at radius 3 is 2.59 bits per heavy atom. The van der Waals surface area contributed by atoms with Gasteiger partial charge in [0.1, 0.15) is 16.8 Å². The maximum absolute atomic E-state index is 13.3. The van der Waals surface area contributed by atoms with Crippen molar-refractivity contribution in [2.24, 2.45) is 5.92 Å². The van der Waals surface area contributed by atoms with Crippen LogP contribution in [0.4, 0.5) is 14.6 Å². The number of thiophene rings is 1. The molecule has 3 heterocycles. The number of esters is 1. The Labute approximate surface area is 249 Å². The quantitative estimate of drug-likeness (QED) is 0.152. The summed E-state index contributed by atoms with van der Waals surface area (Å²) < 4.78 is 42.6. The monoisotopic (exact) mass is 619 g/mol. The third-order valence-corrected chi connectivity index (χ3v) is 8.01. The molecule has 12 heteroatoms. The second-order valence-corrected chi connectivity index (χ2v) is 11.3. The molecule has 0 aliphatic heterocycles. The van der Waals surface area contributed by atoms with Crippen LogP contribution in [0.25, 0.3) is 0 Å². The summed E-state index contributed by atoms with van der Waals surface area (Å²) in [6.45, 7) is -2.17. The van der Waals surface area contributed by atoms with Crippen LogP contribution in [0.3, 0.4) is 0 Å². The van der Waals surface area contributed by atoms with Crippen molar-refractivity contribution in [2.75, 3.05) is 11.9 Å². The number of ether oxygens (including phenoxy) is 3. The number of nitrogens with zero attached hydrogens (tertiary/aromatic N) is 2. The summed E-state index contributed by atoms with van der Waals surface area (Å²) in [5, 5.41) is 3.82. The molecule has 0 amide bonds. The molecule has 1 aliphatic carbocycles. The molecule has 3 aromatic heterocycles. The van der Waals surface area contributed by atoms with Gasteiger partial charge in [-0.25, -0.2) is 9.78 Å². The highest BCUT2D eigenvalue weighted by Crippen LogP contribution is 2.38. The zero-order valence-corrected chi connectivity index (χ0v) is 23.9. The second-order valence-electron chi connectivity index (χ2n) is 9.35. The van der Waals surface area contributed by atoms with Gasteiger partial charge in [-0.2, -0.15) is 8.78 Å². The lowest BCUT2D eigenvalue weighted by Gasteiger charge is -2.21. The number of pyridine rings is 2. The fourth-order valence-electron chi connectivity index (χ4n) is 3.98. The summed E-state index contributed by atoms with van der Waals surface area (Å²) in [6, 6.07) is 13.6. The van der Waals surface area contributed by atoms with Crippen molar-refractivity contribution in [3.63, 3.8) is 0 Å². The van der Waals surface area contributed by atoms with Gasteiger partial charge >= 0.3 is 12.6 Å². The Balaban J connectivity index is 1.38. The number of anilines is 1. The second kappa shape index (κ2) is 13.5. The van der Waals surface area contributed by atoms with Gasteiger partial charge in [0.2, 0.25) is 0 Å². The number of benzene rings is 1. The molecule has 1 aliphatic rings. The van der Waals surface area contributed by atoms with Crippen molar-refractivity contribution in [1.82, 2.24) is 9.97 Å². The van der Waals surface area contributed by atoms with E-state index in [1.165, 1.54) is 29.8 Å². The van der Waals surface area contributed by atoms with Crippen LogP contribution in [0.15, 0.2) is 67.1 Å². The van der Waals surface area contributed by atoms with Crippen LogP contribution in [-0.2, 0) is 17.7 Å². The fraction of sp³-hybridized carbons (Fsp3) is 0.276. The average molecular weight is 621 g/mol. The molecule has 1 fully saturated rings. The first-order valence-electron chi connectivity index (χ1n) is 12.8. The summed E-state index contributed by atoms with van der Waals surface area (Å²) in [5.41, 5.74) is 1.03. The normalized spacial score (nSPS) is 13.6. The van der Waals surface area contributed by atoms with Gasteiger partial charge in [-0.3, -0.25) is 4.98 Å². The van der Waals surface area contributed by atoms with Crippen LogP contribution in [-0.4, -0.2) is 29.2 Å². The van der Waals surface area contributed by atoms with E-state index in [0.29, 0.717) is 45.1 Å². The maximum Gasteiger partial charge on any atom is 0.387 e. The third-order valence-electron chi connectivity index (χ3n) is 6.29. The largest absolute Gasteiger partial charge is 0.489 e. The van der Waals surface area contributed by atoms with Crippen molar-refractivity contribution >= 4 is 46.3 Å². The molecular formula is C29H25Cl2F2N3O4S. The molecule has 4 aromatic rings. The van der Waals surface area contributed by atoms with Gasteiger partial charge < -0.3 is 19.5 Å². The van der Waals surface area contributed by atoms with E-state index in [1.54, 1.807) is 24.4 Å². The molecule has 0 spiro atoms. The smallest absolute Gasteiger partial charge is 0.387 e. The van der Waals surface area contributed by atoms with Gasteiger partial charge in [-0.1, -0.05) is 35.3 Å². The van der Waals surface area contributed by atoms with Gasteiger partial charge in [-0.15, -0.1) is 11.3 Å². The number of hydrogen-bond acceptors (Lipinski definition) is 8. The predicted octanol–water partition coefficient (Wildman–Crippen LogP) is 7.99. The molecule has 41 heavy (non-hydrogen) atoms. The molecule has 5 rings (SSSR count). The first-order valence-corrected chi connectivity index (χ1v) is 14.4. The van der Waals surface area contributed by atoms with Gasteiger partial charge in [-0.05, 0) is 66.3 Å². The van der Waals surface area contributed by atoms with Crippen LogP contribution < -0.4 is 14.8 Å². The third kappa shape index (κ3) is 8.06. The summed E-state index contributed by atoms with van der Waals surface area (Å²) >= 11 is 14.1. The van der Waals surface area contributed by atoms with E-state index in [2.05, 4.69) is 20.0 Å². The standard InChI is InChI=1S/C29H25Cl2F2N3O4S/c30-21-14-34-15-22(31)20(21)12-24(18-6-8-23(40-29(32)33)25(11-18)38-16-17-4-5-17)39-28(37)26-9-7-19(41-26)13-36-27-3-1-2-10-35-27/h1-3,6-11,14-15,17,24,29H,4-5,12-13,16H2,(H,35,36)/t24-/m0/s1. The summed E-state index contributed by atoms with van der Waals surface area (Å²) in [5.74, 6) is 0.578. The molecule has 0 radical (unpaired) electrons. The summed E-state index contributed by atoms with van der Waals surface area (Å²) in [7, 11) is 0. The van der Waals surface area contributed by atoms with E-state index in [9.17, 15) is 13.6 Å². The summed E-state index contributed by atoms with van der Waals surface area (Å²) in [4.78, 5) is 22.8. The number of nitrogens with one attached hydrogen (secondary N) is 1. The lowest BCUT2D eigenvalue weighted by atomic mass is 10.0. The Morgan fingerprint density at radius 1 is 1.07 bits per heavy atom. The van der Waals surface area contributed by atoms with Crippen molar-refractivity contribution in [1.29, 1.82) is 0 Å². The zero-order chi connectivity index (χ0) is 28.8. The van der Waals surface area contributed by atoms with Gasteiger partial charge in [0, 0.05) is 29.9 Å². The number of halogens is 4. The van der Waals surface area contributed by atoms with Crippen LogP contribution >= 0.6 is 34.5 Å². The van der Waals surface area contributed by atoms with Crippen LogP contribution in [0.5, 0.6) is 11.5 Å². The van der Waals surface area contributed by atoms with E-state index in [4.69, 9.17) is 32.7 Å². The molecule has 7 nitrogen and oxygen atoms in total. The fourth-order valence-corrected chi connectivity index (χ4v) is 5.33. The number of rotatable bonds is 13. The van der Waals surface area contributed by atoms with Gasteiger partial charge in [0.25, 0.3) is 0 Å². The lowest BCUT2D eigenvalue weighted by molar-refractivity contribution is -0.0515. The maximum atomic E-state index is 13.3. The molecule has 0 bridgehead atoms. The van der Waals surface area contributed by atoms with Gasteiger partial charge in [0.15, 0.2) is 11.5 Å². The molecule has 1 aromatic carbocycles. The van der Waals surface area contributed by atoms with Crippen LogP contribution in [0.1, 0.15) is 44.6 Å². The van der Waals surface area contributed by atoms with E-state index >= 15 is 0 Å². The van der Waals surface area contributed by atoms with E-state index in [0.717, 1.165) is 23.5 Å². The first-order chi connectivity index (χ1) is 19.9. The zero-order valence-electron chi connectivity index (χ0n) is 21.6. The number of hydrogen-bond donors (Lipinski definition) is 1. The predicted molar refractivity (Wildman–Crippen MR) is 153 cm³/mol. The average Bonchev–Trinajstić information content (AvgIpc) is 3.67. The Morgan fingerprint density at radius 2 is 1.88 bits per heavy atom. The lowest BCUT2D eigenvalue weighted by Crippen LogP contribution is -2.15. The number of carbonyl (C=O) groups excluding carboxylic acids is 1. The van der Waals surface area contributed by atoms with E-state index in [-0.39, 0.29) is 17.9 Å². The highest BCUT2D eigenvalue weighted by Gasteiger charge is 2.26. The topological polar surface area (TPSA) is 82.6 Å². The molecule has 0 saturated heterocycles. The number of aromatic nitrogens is 2. The molecule has 1 atom stereocenters. The van der Waals surface area contributed by atoms with Crippen molar-refractivity contribution in [3.05, 3.63) is 98.0 Å². The minimum Gasteiger partial charge on any atom is -0.489 e. The van der Waals surface area contributed by atoms with Crippen LogP contribution in [0.2, 0.25) is 10.0 Å². The molecule has 1 N–H and O–H groups in total. The minimum absolute atomic E-state index is 0.0993. The Hall–Kier alpha value is -3.47. The first kappa shape index (κ1) is 29.0. The molecular weight excluding hydrogens is 595 g/mol. The van der Waals surface area contributed by atoms with Crippen molar-refractivity contribution in [2.45, 2.75) is 38.5 Å². The van der Waals surface area contributed by atoms with E-state index < -0.39 is 18.7 Å². The summed E-state index contributed by atoms with van der Waals surface area (Å²) in [6.07, 6.45) is 5.87. The molecule has 0 unspecified atom stereocenters. The Bertz CT molecular complexity index is 1470. The molecule has 1 saturated carbocycles. The van der Waals surface area contributed by atoms with Gasteiger partial charge in [0.05, 0.1) is 23.2 Å². The number of alkyl halides is 2.